The number of amides is 1. The van der Waals surface area contributed by atoms with Crippen LogP contribution >= 0.6 is 11.3 Å². The first-order valence-corrected chi connectivity index (χ1v) is 9.60. The van der Waals surface area contributed by atoms with E-state index in [1.54, 1.807) is 18.4 Å². The van der Waals surface area contributed by atoms with Gasteiger partial charge in [-0.25, -0.2) is 4.79 Å². The SMILES string of the molecule is COc1cccc(CNC(=O)COC(=O)c2csc3c2CCC(C)C3)c1. The van der Waals surface area contributed by atoms with Gasteiger partial charge in [-0.3, -0.25) is 4.79 Å². The number of hydrogen-bond donors (Lipinski definition) is 1. The van der Waals surface area contributed by atoms with Gasteiger partial charge in [-0.1, -0.05) is 19.1 Å². The molecule has 1 atom stereocenters. The van der Waals surface area contributed by atoms with Crippen LogP contribution in [0.4, 0.5) is 0 Å². The smallest absolute Gasteiger partial charge is 0.339 e. The topological polar surface area (TPSA) is 64.6 Å². The molecule has 1 unspecified atom stereocenters. The number of methoxy groups -OCH3 is 1. The maximum absolute atomic E-state index is 12.3. The Bertz CT molecular complexity index is 799. The molecule has 0 saturated carbocycles. The van der Waals surface area contributed by atoms with Crippen LogP contribution in [0.25, 0.3) is 0 Å². The first-order valence-electron chi connectivity index (χ1n) is 8.72. The predicted molar refractivity (Wildman–Crippen MR) is 101 cm³/mol. The number of nitrogens with one attached hydrogen (secondary N) is 1. The molecule has 138 valence electrons. The Kier molecular flexibility index (Phi) is 5.93. The third-order valence-corrected chi connectivity index (χ3v) is 5.63. The molecule has 0 saturated heterocycles. The molecule has 6 heteroatoms. The van der Waals surface area contributed by atoms with Crippen molar-refractivity contribution in [3.63, 3.8) is 0 Å². The lowest BCUT2D eigenvalue weighted by atomic mass is 9.88. The number of hydrogen-bond acceptors (Lipinski definition) is 5. The average molecular weight is 373 g/mol. The van der Waals surface area contributed by atoms with E-state index >= 15 is 0 Å². The van der Waals surface area contributed by atoms with E-state index in [1.165, 1.54) is 4.88 Å². The molecule has 1 amide bonds. The lowest BCUT2D eigenvalue weighted by molar-refractivity contribution is -0.124. The third-order valence-electron chi connectivity index (χ3n) is 4.58. The second-order valence-corrected chi connectivity index (χ2v) is 7.57. The minimum atomic E-state index is -0.409. The molecule has 3 rings (SSSR count). The highest BCUT2D eigenvalue weighted by Crippen LogP contribution is 2.33. The van der Waals surface area contributed by atoms with Crippen molar-refractivity contribution in [3.05, 3.63) is 51.2 Å². The molecule has 1 heterocycles. The number of carbonyl (C=O) groups is 2. The maximum atomic E-state index is 12.3. The van der Waals surface area contributed by atoms with Gasteiger partial charge < -0.3 is 14.8 Å². The minimum Gasteiger partial charge on any atom is -0.497 e. The van der Waals surface area contributed by atoms with E-state index in [2.05, 4.69) is 12.2 Å². The highest BCUT2D eigenvalue weighted by atomic mass is 32.1. The van der Waals surface area contributed by atoms with Gasteiger partial charge >= 0.3 is 5.97 Å². The Labute approximate surface area is 157 Å². The summed E-state index contributed by atoms with van der Waals surface area (Å²) in [5.41, 5.74) is 2.65. The van der Waals surface area contributed by atoms with E-state index in [9.17, 15) is 9.59 Å². The highest BCUT2D eigenvalue weighted by Gasteiger charge is 2.24. The lowest BCUT2D eigenvalue weighted by Gasteiger charge is -2.18. The molecule has 1 aromatic carbocycles. The molecular weight excluding hydrogens is 350 g/mol. The highest BCUT2D eigenvalue weighted by molar-refractivity contribution is 7.10. The molecule has 0 bridgehead atoms. The van der Waals surface area contributed by atoms with Crippen LogP contribution in [0.2, 0.25) is 0 Å². The molecule has 0 aliphatic heterocycles. The van der Waals surface area contributed by atoms with Crippen molar-refractivity contribution in [1.29, 1.82) is 0 Å². The molecule has 2 aromatic rings. The summed E-state index contributed by atoms with van der Waals surface area (Å²) in [5.74, 6) is 0.666. The van der Waals surface area contributed by atoms with Crippen LogP contribution in [-0.4, -0.2) is 25.6 Å². The number of rotatable bonds is 6. The lowest BCUT2D eigenvalue weighted by Crippen LogP contribution is -2.28. The van der Waals surface area contributed by atoms with E-state index in [1.807, 2.05) is 29.6 Å². The van der Waals surface area contributed by atoms with E-state index < -0.39 is 5.97 Å². The number of esters is 1. The fraction of sp³-hybridized carbons (Fsp3) is 0.400. The van der Waals surface area contributed by atoms with Crippen molar-refractivity contribution in [2.75, 3.05) is 13.7 Å². The summed E-state index contributed by atoms with van der Waals surface area (Å²) in [6, 6.07) is 7.45. The summed E-state index contributed by atoms with van der Waals surface area (Å²) in [6.45, 7) is 2.32. The molecule has 26 heavy (non-hydrogen) atoms. The Hall–Kier alpha value is -2.34. The van der Waals surface area contributed by atoms with Crippen molar-refractivity contribution >= 4 is 23.2 Å². The van der Waals surface area contributed by atoms with Gasteiger partial charge in [0, 0.05) is 16.8 Å². The standard InChI is InChI=1S/C20H23NO4S/c1-13-6-7-16-17(12-26-18(16)8-13)20(23)25-11-19(22)21-10-14-4-3-5-15(9-14)24-2/h3-5,9,12-13H,6-8,10-11H2,1-2H3,(H,21,22). The van der Waals surface area contributed by atoms with E-state index in [4.69, 9.17) is 9.47 Å². The molecule has 0 radical (unpaired) electrons. The van der Waals surface area contributed by atoms with Gasteiger partial charge in [0.15, 0.2) is 6.61 Å². The van der Waals surface area contributed by atoms with Gasteiger partial charge in [-0.2, -0.15) is 0 Å². The number of carbonyl (C=O) groups excluding carboxylic acids is 2. The first-order chi connectivity index (χ1) is 12.6. The molecule has 1 aliphatic rings. The van der Waals surface area contributed by atoms with Gasteiger partial charge in [0.1, 0.15) is 5.75 Å². The van der Waals surface area contributed by atoms with Crippen LogP contribution in [0.3, 0.4) is 0 Å². The summed E-state index contributed by atoms with van der Waals surface area (Å²) >= 11 is 1.62. The molecule has 0 spiro atoms. The molecule has 1 aromatic heterocycles. The zero-order valence-corrected chi connectivity index (χ0v) is 15.9. The monoisotopic (exact) mass is 373 g/mol. The fourth-order valence-corrected chi connectivity index (χ4v) is 4.33. The maximum Gasteiger partial charge on any atom is 0.339 e. The van der Waals surface area contributed by atoms with Crippen molar-refractivity contribution < 1.29 is 19.1 Å². The number of thiophene rings is 1. The largest absolute Gasteiger partial charge is 0.497 e. The summed E-state index contributed by atoms with van der Waals surface area (Å²) in [7, 11) is 1.60. The quantitative estimate of drug-likeness (QED) is 0.789. The van der Waals surface area contributed by atoms with Gasteiger partial charge in [-0.15, -0.1) is 11.3 Å². The molecule has 5 nitrogen and oxygen atoms in total. The van der Waals surface area contributed by atoms with Crippen LogP contribution < -0.4 is 10.1 Å². The van der Waals surface area contributed by atoms with Crippen LogP contribution in [0.5, 0.6) is 5.75 Å². The van der Waals surface area contributed by atoms with Gasteiger partial charge in [-0.05, 0) is 48.4 Å². The van der Waals surface area contributed by atoms with Gasteiger partial charge in [0.05, 0.1) is 12.7 Å². The fourth-order valence-electron chi connectivity index (χ4n) is 3.09. The molecule has 1 N–H and O–H groups in total. The summed E-state index contributed by atoms with van der Waals surface area (Å²) in [6.07, 6.45) is 3.02. The van der Waals surface area contributed by atoms with Crippen molar-refractivity contribution in [1.82, 2.24) is 5.32 Å². The Balaban J connectivity index is 1.49. The van der Waals surface area contributed by atoms with Crippen LogP contribution in [0, 0.1) is 5.92 Å². The Morgan fingerprint density at radius 3 is 3.00 bits per heavy atom. The van der Waals surface area contributed by atoms with Crippen molar-refractivity contribution in [2.45, 2.75) is 32.7 Å². The zero-order chi connectivity index (χ0) is 18.5. The predicted octanol–water partition coefficient (Wildman–Crippen LogP) is 3.35. The van der Waals surface area contributed by atoms with Crippen molar-refractivity contribution in [3.8, 4) is 5.75 Å². The zero-order valence-electron chi connectivity index (χ0n) is 15.0. The normalized spacial score (nSPS) is 15.8. The van der Waals surface area contributed by atoms with E-state index in [0.717, 1.165) is 36.1 Å². The number of fused-ring (bicyclic) bond motifs is 1. The third kappa shape index (κ3) is 4.43. The van der Waals surface area contributed by atoms with Crippen LogP contribution in [0.15, 0.2) is 29.6 Å². The molecule has 1 aliphatic carbocycles. The second-order valence-electron chi connectivity index (χ2n) is 6.60. The van der Waals surface area contributed by atoms with E-state index in [-0.39, 0.29) is 12.5 Å². The van der Waals surface area contributed by atoms with Crippen LogP contribution in [0.1, 0.15) is 39.7 Å². The number of benzene rings is 1. The summed E-state index contributed by atoms with van der Waals surface area (Å²) < 4.78 is 10.4. The average Bonchev–Trinajstić information content (AvgIpc) is 3.07. The Morgan fingerprint density at radius 1 is 1.35 bits per heavy atom. The Morgan fingerprint density at radius 2 is 2.19 bits per heavy atom. The van der Waals surface area contributed by atoms with E-state index in [0.29, 0.717) is 18.0 Å². The van der Waals surface area contributed by atoms with Gasteiger partial charge in [0.2, 0.25) is 0 Å². The molecule has 0 fully saturated rings. The first kappa shape index (κ1) is 18.5. The van der Waals surface area contributed by atoms with Crippen LogP contribution in [-0.2, 0) is 28.9 Å². The molecular formula is C20H23NO4S. The minimum absolute atomic E-state index is 0.274. The number of ether oxygens (including phenoxy) is 2. The van der Waals surface area contributed by atoms with Crippen molar-refractivity contribution in [2.24, 2.45) is 5.92 Å². The van der Waals surface area contributed by atoms with Gasteiger partial charge in [0.25, 0.3) is 5.91 Å². The summed E-state index contributed by atoms with van der Waals surface area (Å²) in [4.78, 5) is 25.5. The summed E-state index contributed by atoms with van der Waals surface area (Å²) in [5, 5.41) is 4.61. The second kappa shape index (κ2) is 8.36.